The minimum atomic E-state index is -0.486. The van der Waals surface area contributed by atoms with Crippen LogP contribution in [-0.2, 0) is 11.2 Å². The zero-order chi connectivity index (χ0) is 22.8. The molecular formula is C27H31N3O3. The number of fused-ring (bicyclic) bond motifs is 1. The second-order valence-electron chi connectivity index (χ2n) is 9.38. The number of nitrogens with one attached hydrogen (secondary N) is 2. The molecule has 1 fully saturated rings. The quantitative estimate of drug-likeness (QED) is 0.639. The first kappa shape index (κ1) is 21.9. The third kappa shape index (κ3) is 4.72. The molecule has 33 heavy (non-hydrogen) atoms. The molecule has 5 rings (SSSR count). The zero-order valence-electron chi connectivity index (χ0n) is 18.7. The molecule has 1 unspecified atom stereocenters. The van der Waals surface area contributed by atoms with Crippen LogP contribution in [0.1, 0.15) is 55.5 Å². The van der Waals surface area contributed by atoms with Gasteiger partial charge in [0.25, 0.3) is 5.56 Å². The van der Waals surface area contributed by atoms with Crippen LogP contribution < -0.4 is 16.2 Å². The molecule has 0 bridgehead atoms. The van der Waals surface area contributed by atoms with Gasteiger partial charge in [-0.1, -0.05) is 60.2 Å². The number of carbonyl (C=O) groups excluding carboxylic acids is 1. The van der Waals surface area contributed by atoms with E-state index in [0.29, 0.717) is 12.5 Å². The fraction of sp³-hybridized carbons (Fsp3) is 0.407. The standard InChI is InChI=1S/C27H31N3O3/c31-25-8-4-7-22-14-16-24(30(22)25)27(33)29-20-11-9-18(10-12-20)17-21-13-15-23(28-21)26(32)19-5-2-1-3-6-19/h1-11,20-21,23-24,26,28,32H,12-17H2,(H,29,33)/t20?,21-,23+,24-,26+/m0/s1. The lowest BCUT2D eigenvalue weighted by molar-refractivity contribution is -0.124. The van der Waals surface area contributed by atoms with Crippen LogP contribution in [0.3, 0.4) is 0 Å². The van der Waals surface area contributed by atoms with Crippen molar-refractivity contribution in [3.05, 3.63) is 93.9 Å². The van der Waals surface area contributed by atoms with E-state index < -0.39 is 12.1 Å². The summed E-state index contributed by atoms with van der Waals surface area (Å²) in [5.74, 6) is -0.0799. The topological polar surface area (TPSA) is 83.4 Å². The molecule has 2 aromatic rings. The van der Waals surface area contributed by atoms with Crippen molar-refractivity contribution in [1.29, 1.82) is 0 Å². The Kier molecular flexibility index (Phi) is 6.29. The summed E-state index contributed by atoms with van der Waals surface area (Å²) in [6, 6.07) is 15.0. The molecule has 1 aromatic carbocycles. The molecule has 5 atom stereocenters. The van der Waals surface area contributed by atoms with Crippen LogP contribution in [0.5, 0.6) is 0 Å². The average Bonchev–Trinajstić information content (AvgIpc) is 3.49. The Morgan fingerprint density at radius 1 is 1.12 bits per heavy atom. The lowest BCUT2D eigenvalue weighted by Crippen LogP contribution is -2.40. The van der Waals surface area contributed by atoms with E-state index in [4.69, 9.17) is 0 Å². The van der Waals surface area contributed by atoms with Crippen molar-refractivity contribution < 1.29 is 9.90 Å². The SMILES string of the molecule is O=C(NC1C=CC(C[C@@H]2CC[C@H]([C@H](O)c3ccccc3)N2)=CC1)[C@@H]1CCc2cccc(=O)n21. The molecule has 6 nitrogen and oxygen atoms in total. The smallest absolute Gasteiger partial charge is 0.251 e. The number of nitrogens with zero attached hydrogens (tertiary/aromatic N) is 1. The number of aliphatic hydroxyl groups excluding tert-OH is 1. The molecule has 0 spiro atoms. The van der Waals surface area contributed by atoms with Gasteiger partial charge in [-0.05, 0) is 50.2 Å². The number of benzene rings is 1. The van der Waals surface area contributed by atoms with Crippen molar-refractivity contribution in [3.63, 3.8) is 0 Å². The van der Waals surface area contributed by atoms with Gasteiger partial charge in [0.05, 0.1) is 12.1 Å². The van der Waals surface area contributed by atoms with E-state index in [2.05, 4.69) is 28.9 Å². The van der Waals surface area contributed by atoms with E-state index in [-0.39, 0.29) is 23.6 Å². The lowest BCUT2D eigenvalue weighted by atomic mass is 9.96. The molecule has 1 saturated heterocycles. The third-order valence-corrected chi connectivity index (χ3v) is 7.15. The highest BCUT2D eigenvalue weighted by molar-refractivity contribution is 5.81. The fourth-order valence-electron chi connectivity index (χ4n) is 5.39. The van der Waals surface area contributed by atoms with Gasteiger partial charge in [-0.15, -0.1) is 0 Å². The molecule has 0 saturated carbocycles. The van der Waals surface area contributed by atoms with Gasteiger partial charge in [0.2, 0.25) is 5.91 Å². The number of aliphatic hydroxyl groups is 1. The number of amides is 1. The molecule has 1 amide bonds. The molecular weight excluding hydrogens is 414 g/mol. The average molecular weight is 446 g/mol. The number of aryl methyl sites for hydroxylation is 1. The highest BCUT2D eigenvalue weighted by Gasteiger charge is 2.31. The molecule has 6 heteroatoms. The van der Waals surface area contributed by atoms with Crippen LogP contribution in [0.4, 0.5) is 0 Å². The Morgan fingerprint density at radius 2 is 1.97 bits per heavy atom. The maximum Gasteiger partial charge on any atom is 0.251 e. The Hall–Kier alpha value is -2.96. The molecule has 3 N–H and O–H groups in total. The summed E-state index contributed by atoms with van der Waals surface area (Å²) in [5.41, 5.74) is 3.04. The number of aromatic nitrogens is 1. The summed E-state index contributed by atoms with van der Waals surface area (Å²) in [7, 11) is 0. The number of hydrogen-bond donors (Lipinski definition) is 3. The lowest BCUT2D eigenvalue weighted by Gasteiger charge is -2.23. The Labute approximate surface area is 194 Å². The van der Waals surface area contributed by atoms with Gasteiger partial charge in [-0.3, -0.25) is 9.59 Å². The summed E-state index contributed by atoms with van der Waals surface area (Å²) < 4.78 is 1.63. The fourth-order valence-corrected chi connectivity index (χ4v) is 5.39. The monoisotopic (exact) mass is 445 g/mol. The van der Waals surface area contributed by atoms with E-state index >= 15 is 0 Å². The zero-order valence-corrected chi connectivity index (χ0v) is 18.7. The third-order valence-electron chi connectivity index (χ3n) is 7.15. The van der Waals surface area contributed by atoms with Crippen LogP contribution in [0.15, 0.2) is 77.1 Å². The van der Waals surface area contributed by atoms with Crippen LogP contribution >= 0.6 is 0 Å². The van der Waals surface area contributed by atoms with Crippen molar-refractivity contribution in [2.24, 2.45) is 0 Å². The van der Waals surface area contributed by atoms with E-state index in [1.165, 1.54) is 11.6 Å². The largest absolute Gasteiger partial charge is 0.387 e. The Balaban J connectivity index is 1.12. The predicted molar refractivity (Wildman–Crippen MR) is 128 cm³/mol. The molecule has 1 aliphatic carbocycles. The van der Waals surface area contributed by atoms with Gasteiger partial charge in [0, 0.05) is 23.8 Å². The highest BCUT2D eigenvalue weighted by atomic mass is 16.3. The summed E-state index contributed by atoms with van der Waals surface area (Å²) in [6.45, 7) is 0. The van der Waals surface area contributed by atoms with Crippen LogP contribution in [0.25, 0.3) is 0 Å². The second-order valence-corrected chi connectivity index (χ2v) is 9.38. The van der Waals surface area contributed by atoms with Crippen molar-refractivity contribution >= 4 is 5.91 Å². The minimum Gasteiger partial charge on any atom is -0.387 e. The van der Waals surface area contributed by atoms with Gasteiger partial charge in [0.15, 0.2) is 0 Å². The van der Waals surface area contributed by atoms with Crippen molar-refractivity contribution in [3.8, 4) is 0 Å². The molecule has 172 valence electrons. The second kappa shape index (κ2) is 9.49. The molecule has 0 radical (unpaired) electrons. The normalized spacial score (nSPS) is 27.1. The van der Waals surface area contributed by atoms with Crippen molar-refractivity contribution in [1.82, 2.24) is 15.2 Å². The number of hydrogen-bond acceptors (Lipinski definition) is 4. The first-order chi connectivity index (χ1) is 16.1. The number of rotatable bonds is 6. The predicted octanol–water partition coefficient (Wildman–Crippen LogP) is 2.95. The van der Waals surface area contributed by atoms with E-state index in [0.717, 1.165) is 43.4 Å². The summed E-state index contributed by atoms with van der Waals surface area (Å²) in [6.07, 6.45) is 11.0. The van der Waals surface area contributed by atoms with Crippen molar-refractivity contribution in [2.45, 2.75) is 68.8 Å². The first-order valence-electron chi connectivity index (χ1n) is 12.0. The maximum absolute atomic E-state index is 12.8. The maximum atomic E-state index is 12.8. The van der Waals surface area contributed by atoms with Crippen molar-refractivity contribution in [2.75, 3.05) is 0 Å². The van der Waals surface area contributed by atoms with Gasteiger partial charge < -0.3 is 20.3 Å². The number of carbonyl (C=O) groups is 1. The molecule has 1 aromatic heterocycles. The Morgan fingerprint density at radius 3 is 2.76 bits per heavy atom. The highest BCUT2D eigenvalue weighted by Crippen LogP contribution is 2.29. The van der Waals surface area contributed by atoms with Gasteiger partial charge in [0.1, 0.15) is 6.04 Å². The van der Waals surface area contributed by atoms with Gasteiger partial charge in [-0.2, -0.15) is 0 Å². The van der Waals surface area contributed by atoms with E-state index in [1.54, 1.807) is 10.6 Å². The Bertz CT molecular complexity index is 1120. The number of allylic oxidation sites excluding steroid dienone is 1. The van der Waals surface area contributed by atoms with Crippen LogP contribution in [-0.4, -0.2) is 33.7 Å². The summed E-state index contributed by atoms with van der Waals surface area (Å²) in [5, 5.41) is 17.4. The number of pyridine rings is 1. The molecule has 3 heterocycles. The van der Waals surface area contributed by atoms with Gasteiger partial charge >= 0.3 is 0 Å². The van der Waals surface area contributed by atoms with Gasteiger partial charge in [-0.25, -0.2) is 0 Å². The van der Waals surface area contributed by atoms with E-state index in [9.17, 15) is 14.7 Å². The van der Waals surface area contributed by atoms with E-state index in [1.807, 2.05) is 36.4 Å². The summed E-state index contributed by atoms with van der Waals surface area (Å²) in [4.78, 5) is 25.1. The molecule has 2 aliphatic heterocycles. The summed E-state index contributed by atoms with van der Waals surface area (Å²) >= 11 is 0. The molecule has 3 aliphatic rings. The first-order valence-corrected chi connectivity index (χ1v) is 12.0. The minimum absolute atomic E-state index is 0.0473. The van der Waals surface area contributed by atoms with Crippen LogP contribution in [0.2, 0.25) is 0 Å². The van der Waals surface area contributed by atoms with Crippen LogP contribution in [0, 0.1) is 0 Å².